The Hall–Kier alpha value is -2.28. The monoisotopic (exact) mass is 348 g/mol. The molecule has 2 heterocycles. The molecule has 24 heavy (non-hydrogen) atoms. The van der Waals surface area contributed by atoms with E-state index in [0.717, 1.165) is 36.8 Å². The number of aromatic amines is 1. The van der Waals surface area contributed by atoms with Gasteiger partial charge in [-0.15, -0.1) is 0 Å². The number of hydrogen-bond donors (Lipinski definition) is 5. The van der Waals surface area contributed by atoms with Crippen LogP contribution >= 0.6 is 11.6 Å². The molecule has 0 aromatic carbocycles. The van der Waals surface area contributed by atoms with Crippen molar-refractivity contribution < 1.29 is 4.79 Å². The van der Waals surface area contributed by atoms with E-state index >= 15 is 0 Å². The molecule has 6 N–H and O–H groups in total. The van der Waals surface area contributed by atoms with Crippen LogP contribution in [0.15, 0.2) is 18.3 Å². The zero-order valence-electron chi connectivity index (χ0n) is 13.2. The minimum atomic E-state index is 0.00161. The Morgan fingerprint density at radius 3 is 2.88 bits per heavy atom. The van der Waals surface area contributed by atoms with Gasteiger partial charge in [-0.2, -0.15) is 0 Å². The van der Waals surface area contributed by atoms with E-state index in [2.05, 4.69) is 20.6 Å². The summed E-state index contributed by atoms with van der Waals surface area (Å²) in [6.45, 7) is 0.705. The highest BCUT2D eigenvalue weighted by molar-refractivity contribution is 6.30. The summed E-state index contributed by atoms with van der Waals surface area (Å²) in [7, 11) is 0. The molecule has 0 aliphatic heterocycles. The first-order valence-electron chi connectivity index (χ1n) is 8.05. The third-order valence-corrected chi connectivity index (χ3v) is 4.76. The van der Waals surface area contributed by atoms with Gasteiger partial charge >= 0.3 is 0 Å². The van der Waals surface area contributed by atoms with E-state index < -0.39 is 0 Å². The number of rotatable bonds is 4. The van der Waals surface area contributed by atoms with E-state index in [0.29, 0.717) is 23.3 Å². The molecule has 7 nitrogen and oxygen atoms in total. The number of aromatic nitrogens is 2. The van der Waals surface area contributed by atoms with Crippen molar-refractivity contribution in [1.82, 2.24) is 15.3 Å². The summed E-state index contributed by atoms with van der Waals surface area (Å²) in [5.74, 6) is 0.518. The number of H-pyrrole nitrogens is 1. The first-order chi connectivity index (χ1) is 11.5. The van der Waals surface area contributed by atoms with Crippen LogP contribution in [0, 0.1) is 17.2 Å². The summed E-state index contributed by atoms with van der Waals surface area (Å²) in [6, 6.07) is 3.55. The normalized spacial score (nSPS) is 20.7. The van der Waals surface area contributed by atoms with Crippen LogP contribution in [0.1, 0.15) is 25.7 Å². The Kier molecular flexibility index (Phi) is 4.89. The largest absolute Gasteiger partial charge is 0.370 e. The van der Waals surface area contributed by atoms with Crippen LogP contribution in [0.2, 0.25) is 5.15 Å². The van der Waals surface area contributed by atoms with E-state index in [-0.39, 0.29) is 17.8 Å². The molecule has 1 aliphatic rings. The van der Waals surface area contributed by atoms with Gasteiger partial charge in [-0.25, -0.2) is 4.98 Å². The van der Waals surface area contributed by atoms with Crippen molar-refractivity contribution in [2.45, 2.75) is 25.7 Å². The standard InChI is InChI=1S/C16H21ClN6O/c17-13-7-11-12(5-6-20-14(11)23-13)22-15(24)10-3-1-9(2-4-10)8-21-16(18)19/h5-7,9-10H,1-4,8H2,(H4,18,19,21)(H2,20,22,23,24)/t9-,10-. The molecule has 8 heteroatoms. The van der Waals surface area contributed by atoms with E-state index in [1.807, 2.05) is 0 Å². The number of fused-ring (bicyclic) bond motifs is 1. The second kappa shape index (κ2) is 7.09. The van der Waals surface area contributed by atoms with Crippen molar-refractivity contribution in [2.75, 3.05) is 11.9 Å². The van der Waals surface area contributed by atoms with Crippen LogP contribution in [0.5, 0.6) is 0 Å². The quantitative estimate of drug-likeness (QED) is 0.430. The summed E-state index contributed by atoms with van der Waals surface area (Å²) in [5, 5.41) is 14.4. The first-order valence-corrected chi connectivity index (χ1v) is 8.42. The molecule has 1 amide bonds. The van der Waals surface area contributed by atoms with Crippen LogP contribution in [-0.4, -0.2) is 28.4 Å². The Balaban J connectivity index is 1.58. The molecule has 1 aliphatic carbocycles. The fourth-order valence-electron chi connectivity index (χ4n) is 3.22. The van der Waals surface area contributed by atoms with Crippen LogP contribution in [0.4, 0.5) is 5.69 Å². The fraction of sp³-hybridized carbons (Fsp3) is 0.438. The van der Waals surface area contributed by atoms with Gasteiger partial charge in [0.1, 0.15) is 10.8 Å². The molecule has 128 valence electrons. The number of guanidine groups is 1. The zero-order valence-corrected chi connectivity index (χ0v) is 14.0. The molecule has 0 spiro atoms. The van der Waals surface area contributed by atoms with Crippen molar-refractivity contribution in [3.05, 3.63) is 23.5 Å². The highest BCUT2D eigenvalue weighted by Gasteiger charge is 2.26. The topological polar surface area (TPSA) is 120 Å². The SMILES string of the molecule is N=C(N)NC[C@H]1CC[C@H](C(=O)Nc2ccnc3[nH]c(Cl)cc23)CC1. The number of nitrogens with zero attached hydrogens (tertiary/aromatic N) is 1. The van der Waals surface area contributed by atoms with Gasteiger partial charge in [-0.3, -0.25) is 10.2 Å². The maximum Gasteiger partial charge on any atom is 0.227 e. The number of nitrogens with two attached hydrogens (primary N) is 1. The summed E-state index contributed by atoms with van der Waals surface area (Å²) in [6.07, 6.45) is 5.26. The van der Waals surface area contributed by atoms with Crippen LogP contribution < -0.4 is 16.4 Å². The molecule has 1 fully saturated rings. The molecule has 0 bridgehead atoms. The van der Waals surface area contributed by atoms with Crippen molar-refractivity contribution in [2.24, 2.45) is 17.6 Å². The summed E-state index contributed by atoms with van der Waals surface area (Å²) in [4.78, 5) is 19.7. The van der Waals surface area contributed by atoms with E-state index in [1.54, 1.807) is 18.3 Å². The second-order valence-corrected chi connectivity index (χ2v) is 6.65. The number of hydrogen-bond acceptors (Lipinski definition) is 3. The van der Waals surface area contributed by atoms with Gasteiger partial charge in [0.2, 0.25) is 5.91 Å². The summed E-state index contributed by atoms with van der Waals surface area (Å²) >= 11 is 5.97. The third kappa shape index (κ3) is 3.79. The maximum atomic E-state index is 12.5. The van der Waals surface area contributed by atoms with E-state index in [4.69, 9.17) is 22.7 Å². The summed E-state index contributed by atoms with van der Waals surface area (Å²) in [5.41, 5.74) is 6.70. The minimum absolute atomic E-state index is 0.00161. The number of halogens is 1. The van der Waals surface area contributed by atoms with Crippen LogP contribution in [0.3, 0.4) is 0 Å². The lowest BCUT2D eigenvalue weighted by Crippen LogP contribution is -2.36. The number of carbonyl (C=O) groups is 1. The first kappa shape index (κ1) is 16.6. The van der Waals surface area contributed by atoms with Gasteiger partial charge in [-0.05, 0) is 43.7 Å². The molecular weight excluding hydrogens is 328 g/mol. The molecule has 2 aromatic heterocycles. The van der Waals surface area contributed by atoms with Crippen molar-refractivity contribution in [3.63, 3.8) is 0 Å². The number of nitrogens with one attached hydrogen (secondary N) is 4. The molecule has 0 radical (unpaired) electrons. The molecule has 3 rings (SSSR count). The highest BCUT2D eigenvalue weighted by Crippen LogP contribution is 2.30. The second-order valence-electron chi connectivity index (χ2n) is 6.24. The molecule has 0 saturated heterocycles. The van der Waals surface area contributed by atoms with Crippen molar-refractivity contribution in [3.8, 4) is 0 Å². The molecule has 0 unspecified atom stereocenters. The van der Waals surface area contributed by atoms with Gasteiger partial charge in [0, 0.05) is 24.0 Å². The lowest BCUT2D eigenvalue weighted by atomic mass is 9.81. The third-order valence-electron chi connectivity index (χ3n) is 4.56. The summed E-state index contributed by atoms with van der Waals surface area (Å²) < 4.78 is 0. The predicted molar refractivity (Wildman–Crippen MR) is 95.1 cm³/mol. The van der Waals surface area contributed by atoms with Gasteiger partial charge in [0.05, 0.1) is 5.69 Å². The maximum absolute atomic E-state index is 12.5. The van der Waals surface area contributed by atoms with Gasteiger partial charge in [-0.1, -0.05) is 11.6 Å². The van der Waals surface area contributed by atoms with E-state index in [1.165, 1.54) is 0 Å². The average Bonchev–Trinajstić information content (AvgIpc) is 2.94. The van der Waals surface area contributed by atoms with Gasteiger partial charge < -0.3 is 21.4 Å². The fourth-order valence-corrected chi connectivity index (χ4v) is 3.42. The number of carbonyl (C=O) groups excluding carboxylic acids is 1. The molecule has 1 saturated carbocycles. The van der Waals surface area contributed by atoms with Crippen LogP contribution in [0.25, 0.3) is 11.0 Å². The molecular formula is C16H21ClN6O. The van der Waals surface area contributed by atoms with Gasteiger partial charge in [0.25, 0.3) is 0 Å². The van der Waals surface area contributed by atoms with Crippen molar-refractivity contribution >= 4 is 40.2 Å². The average molecular weight is 349 g/mol. The lowest BCUT2D eigenvalue weighted by Gasteiger charge is -2.28. The predicted octanol–water partition coefficient (Wildman–Crippen LogP) is 2.44. The van der Waals surface area contributed by atoms with Crippen molar-refractivity contribution in [1.29, 1.82) is 5.41 Å². The van der Waals surface area contributed by atoms with Crippen LogP contribution in [-0.2, 0) is 4.79 Å². The Morgan fingerprint density at radius 2 is 2.17 bits per heavy atom. The Labute approximate surface area is 144 Å². The van der Waals surface area contributed by atoms with E-state index in [9.17, 15) is 4.79 Å². The zero-order chi connectivity index (χ0) is 17.1. The molecule has 2 aromatic rings. The smallest absolute Gasteiger partial charge is 0.227 e. The number of pyridine rings is 1. The Morgan fingerprint density at radius 1 is 1.42 bits per heavy atom. The number of anilines is 1. The Bertz CT molecular complexity index is 750. The lowest BCUT2D eigenvalue weighted by molar-refractivity contribution is -0.121. The molecule has 0 atom stereocenters. The minimum Gasteiger partial charge on any atom is -0.370 e. The van der Waals surface area contributed by atoms with Gasteiger partial charge in [0.15, 0.2) is 5.96 Å². The highest BCUT2D eigenvalue weighted by atomic mass is 35.5. The number of amides is 1.